The molecule has 0 aromatic heterocycles. The van der Waals surface area contributed by atoms with E-state index in [9.17, 15) is 14.4 Å². The summed E-state index contributed by atoms with van der Waals surface area (Å²) in [6, 6.07) is 14.7. The van der Waals surface area contributed by atoms with Crippen LogP contribution in [0, 0.1) is 5.92 Å². The number of anilines is 1. The lowest BCUT2D eigenvalue weighted by Crippen LogP contribution is -2.34. The fraction of sp³-hybridized carbons (Fsp3) is 0.318. The summed E-state index contributed by atoms with van der Waals surface area (Å²) in [5.41, 5.74) is 2.28. The molecule has 0 bridgehead atoms. The lowest BCUT2D eigenvalue weighted by molar-refractivity contribution is -0.126. The minimum absolute atomic E-state index is 0.0552. The van der Waals surface area contributed by atoms with E-state index < -0.39 is 5.92 Å². The Kier molecular flexibility index (Phi) is 6.09. The summed E-state index contributed by atoms with van der Waals surface area (Å²) >= 11 is 0. The molecule has 2 aromatic carbocycles. The van der Waals surface area contributed by atoms with Crippen LogP contribution in [0.15, 0.2) is 48.5 Å². The largest absolute Gasteiger partial charge is 0.497 e. The van der Waals surface area contributed by atoms with Gasteiger partial charge in [-0.15, -0.1) is 0 Å². The predicted molar refractivity (Wildman–Crippen MR) is 107 cm³/mol. The number of benzene rings is 2. The summed E-state index contributed by atoms with van der Waals surface area (Å²) in [5, 5.41) is 2.92. The van der Waals surface area contributed by atoms with Crippen molar-refractivity contribution in [2.45, 2.75) is 19.8 Å². The Morgan fingerprint density at radius 2 is 1.96 bits per heavy atom. The van der Waals surface area contributed by atoms with Crippen LogP contribution in [0.25, 0.3) is 0 Å². The maximum Gasteiger partial charge on any atom is 0.227 e. The van der Waals surface area contributed by atoms with Crippen molar-refractivity contribution in [3.63, 3.8) is 0 Å². The molecule has 0 spiro atoms. The minimum Gasteiger partial charge on any atom is -0.497 e. The summed E-state index contributed by atoms with van der Waals surface area (Å²) in [6.07, 6.45) is 0.864. The van der Waals surface area contributed by atoms with E-state index in [1.54, 1.807) is 36.3 Å². The molecule has 3 rings (SSSR count). The van der Waals surface area contributed by atoms with Gasteiger partial charge >= 0.3 is 0 Å². The Balaban J connectivity index is 1.56. The molecule has 0 radical (unpaired) electrons. The number of carbonyl (C=O) groups is 3. The first-order valence-electron chi connectivity index (χ1n) is 9.30. The van der Waals surface area contributed by atoms with E-state index >= 15 is 0 Å². The summed E-state index contributed by atoms with van der Waals surface area (Å²) in [4.78, 5) is 38.0. The monoisotopic (exact) mass is 380 g/mol. The highest BCUT2D eigenvalue weighted by molar-refractivity contribution is 6.02. The van der Waals surface area contributed by atoms with Gasteiger partial charge in [-0.1, -0.05) is 24.3 Å². The number of nitrogens with one attached hydrogen (secondary N) is 1. The fourth-order valence-electron chi connectivity index (χ4n) is 3.33. The highest BCUT2D eigenvalue weighted by Crippen LogP contribution is 2.26. The van der Waals surface area contributed by atoms with Gasteiger partial charge in [0, 0.05) is 30.8 Å². The SMILES string of the molecule is COc1cccc(CCNC(=O)C2CC(=O)N(c3cccc(C(C)=O)c3)C2)c1. The average Bonchev–Trinajstić information content (AvgIpc) is 3.10. The number of ether oxygens (including phenoxy) is 1. The van der Waals surface area contributed by atoms with Gasteiger partial charge < -0.3 is 15.0 Å². The molecule has 6 nitrogen and oxygen atoms in total. The first-order valence-corrected chi connectivity index (χ1v) is 9.30. The zero-order valence-electron chi connectivity index (χ0n) is 16.1. The Morgan fingerprint density at radius 3 is 2.71 bits per heavy atom. The van der Waals surface area contributed by atoms with E-state index in [0.717, 1.165) is 11.3 Å². The molecule has 2 amide bonds. The maximum atomic E-state index is 12.5. The number of amides is 2. The lowest BCUT2D eigenvalue weighted by Gasteiger charge is -2.17. The molecule has 1 heterocycles. The number of Topliss-reactive ketones (excluding diaryl/α,β-unsaturated/α-hetero) is 1. The summed E-state index contributed by atoms with van der Waals surface area (Å²) in [6.45, 7) is 2.31. The molecule has 1 N–H and O–H groups in total. The van der Waals surface area contributed by atoms with Crippen molar-refractivity contribution < 1.29 is 19.1 Å². The molecule has 1 unspecified atom stereocenters. The zero-order chi connectivity index (χ0) is 20.1. The Hall–Kier alpha value is -3.15. The molecule has 1 saturated heterocycles. The summed E-state index contributed by atoms with van der Waals surface area (Å²) < 4.78 is 5.20. The number of hydrogen-bond donors (Lipinski definition) is 1. The van der Waals surface area contributed by atoms with Crippen LogP contribution in [-0.4, -0.2) is 37.8 Å². The quantitative estimate of drug-likeness (QED) is 0.749. The molecule has 1 atom stereocenters. The number of ketones is 1. The average molecular weight is 380 g/mol. The van der Waals surface area contributed by atoms with Gasteiger partial charge in [-0.3, -0.25) is 14.4 Å². The highest BCUT2D eigenvalue weighted by Gasteiger charge is 2.35. The minimum atomic E-state index is -0.390. The third-order valence-electron chi connectivity index (χ3n) is 4.91. The van der Waals surface area contributed by atoms with Crippen molar-refractivity contribution in [1.82, 2.24) is 5.32 Å². The van der Waals surface area contributed by atoms with Crippen molar-refractivity contribution in [1.29, 1.82) is 0 Å². The van der Waals surface area contributed by atoms with Crippen molar-refractivity contribution in [2.75, 3.05) is 25.1 Å². The van der Waals surface area contributed by atoms with Crippen LogP contribution in [0.2, 0.25) is 0 Å². The molecule has 1 aliphatic rings. The Bertz CT molecular complexity index is 894. The lowest BCUT2D eigenvalue weighted by atomic mass is 10.1. The third kappa shape index (κ3) is 4.57. The van der Waals surface area contributed by atoms with Crippen LogP contribution >= 0.6 is 0 Å². The molecule has 2 aromatic rings. The number of hydrogen-bond acceptors (Lipinski definition) is 4. The first-order chi connectivity index (χ1) is 13.5. The molecule has 0 aliphatic carbocycles. The van der Waals surface area contributed by atoms with Crippen molar-refractivity contribution in [3.8, 4) is 5.75 Å². The van der Waals surface area contributed by atoms with E-state index in [1.165, 1.54) is 6.92 Å². The molecule has 1 aliphatic heterocycles. The van der Waals surface area contributed by atoms with Crippen LogP contribution in [0.1, 0.15) is 29.3 Å². The molecule has 6 heteroatoms. The zero-order valence-corrected chi connectivity index (χ0v) is 16.1. The van der Waals surface area contributed by atoms with E-state index in [0.29, 0.717) is 30.8 Å². The van der Waals surface area contributed by atoms with Crippen LogP contribution in [-0.2, 0) is 16.0 Å². The molecular formula is C22H24N2O4. The normalized spacial score (nSPS) is 16.1. The van der Waals surface area contributed by atoms with Crippen LogP contribution in [0.3, 0.4) is 0 Å². The van der Waals surface area contributed by atoms with Crippen LogP contribution < -0.4 is 15.0 Å². The Labute approximate surface area is 164 Å². The van der Waals surface area contributed by atoms with E-state index in [4.69, 9.17) is 4.74 Å². The van der Waals surface area contributed by atoms with Gasteiger partial charge in [0.2, 0.25) is 11.8 Å². The van der Waals surface area contributed by atoms with E-state index in [-0.39, 0.29) is 24.0 Å². The topological polar surface area (TPSA) is 75.7 Å². The summed E-state index contributed by atoms with van der Waals surface area (Å²) in [7, 11) is 1.62. The van der Waals surface area contributed by atoms with E-state index in [1.807, 2.05) is 24.3 Å². The molecule has 146 valence electrons. The number of rotatable bonds is 7. The van der Waals surface area contributed by atoms with Gasteiger partial charge in [0.25, 0.3) is 0 Å². The van der Waals surface area contributed by atoms with Gasteiger partial charge in [0.1, 0.15) is 5.75 Å². The second-order valence-electron chi connectivity index (χ2n) is 6.90. The first kappa shape index (κ1) is 19.6. The van der Waals surface area contributed by atoms with Crippen LogP contribution in [0.5, 0.6) is 5.75 Å². The number of methoxy groups -OCH3 is 1. The van der Waals surface area contributed by atoms with Gasteiger partial charge in [-0.05, 0) is 43.2 Å². The van der Waals surface area contributed by atoms with Gasteiger partial charge in [0.15, 0.2) is 5.78 Å². The van der Waals surface area contributed by atoms with Crippen LogP contribution in [0.4, 0.5) is 5.69 Å². The highest BCUT2D eigenvalue weighted by atomic mass is 16.5. The van der Waals surface area contributed by atoms with Crippen molar-refractivity contribution in [3.05, 3.63) is 59.7 Å². The Morgan fingerprint density at radius 1 is 1.18 bits per heavy atom. The smallest absolute Gasteiger partial charge is 0.227 e. The second kappa shape index (κ2) is 8.69. The number of nitrogens with zero attached hydrogens (tertiary/aromatic N) is 1. The number of carbonyl (C=O) groups excluding carboxylic acids is 3. The van der Waals surface area contributed by atoms with Gasteiger partial charge in [-0.25, -0.2) is 0 Å². The molecular weight excluding hydrogens is 356 g/mol. The van der Waals surface area contributed by atoms with Gasteiger partial charge in [0.05, 0.1) is 13.0 Å². The third-order valence-corrected chi connectivity index (χ3v) is 4.91. The second-order valence-corrected chi connectivity index (χ2v) is 6.90. The molecule has 28 heavy (non-hydrogen) atoms. The molecule has 1 fully saturated rings. The predicted octanol–water partition coefficient (Wildman–Crippen LogP) is 2.61. The van der Waals surface area contributed by atoms with E-state index in [2.05, 4.69) is 5.32 Å². The van der Waals surface area contributed by atoms with Crippen molar-refractivity contribution >= 4 is 23.3 Å². The van der Waals surface area contributed by atoms with Gasteiger partial charge in [-0.2, -0.15) is 0 Å². The standard InChI is InChI=1S/C22H24N2O4/c1-15(25)17-6-4-7-19(12-17)24-14-18(13-21(24)26)22(27)23-10-9-16-5-3-8-20(11-16)28-2/h3-8,11-12,18H,9-10,13-14H2,1-2H3,(H,23,27). The molecule has 0 saturated carbocycles. The van der Waals surface area contributed by atoms with Crippen molar-refractivity contribution in [2.24, 2.45) is 5.92 Å². The maximum absolute atomic E-state index is 12.5. The summed E-state index contributed by atoms with van der Waals surface area (Å²) in [5.74, 6) is 0.114. The fourth-order valence-corrected chi connectivity index (χ4v) is 3.33.